The summed E-state index contributed by atoms with van der Waals surface area (Å²) in [4.78, 5) is 27.8. The zero-order valence-corrected chi connectivity index (χ0v) is 11.6. The molecule has 1 heterocycles. The number of rotatable bonds is 7. The predicted octanol–water partition coefficient (Wildman–Crippen LogP) is -1.51. The molecule has 1 saturated heterocycles. The van der Waals surface area contributed by atoms with E-state index in [1.807, 2.05) is 4.90 Å². The van der Waals surface area contributed by atoms with E-state index in [4.69, 9.17) is 15.3 Å². The topological polar surface area (TPSA) is 105 Å². The van der Waals surface area contributed by atoms with E-state index in [0.29, 0.717) is 32.7 Å². The Morgan fingerprint density at radius 3 is 2.00 bits per heavy atom. The average molecular weight is 289 g/mol. The molecule has 1 fully saturated rings. The maximum absolute atomic E-state index is 12.2. The lowest BCUT2D eigenvalue weighted by Gasteiger charge is -2.37. The maximum atomic E-state index is 12.2. The van der Waals surface area contributed by atoms with Gasteiger partial charge in [0, 0.05) is 45.8 Å². The van der Waals surface area contributed by atoms with Crippen LogP contribution in [-0.4, -0.2) is 101 Å². The van der Waals surface area contributed by atoms with E-state index in [2.05, 4.69) is 0 Å². The number of aliphatic hydroxyl groups is 2. The molecule has 0 aliphatic carbocycles. The van der Waals surface area contributed by atoms with Gasteiger partial charge in [-0.2, -0.15) is 0 Å². The summed E-state index contributed by atoms with van der Waals surface area (Å²) in [6.45, 7) is 2.99. The zero-order valence-electron chi connectivity index (χ0n) is 11.6. The Hall–Kier alpha value is -1.38. The summed E-state index contributed by atoms with van der Waals surface area (Å²) in [6.07, 6.45) is 0.106. The number of carbonyl (C=O) groups is 2. The fourth-order valence-corrected chi connectivity index (χ4v) is 2.16. The number of carbonyl (C=O) groups excluding carboxylic acids is 1. The van der Waals surface area contributed by atoms with Gasteiger partial charge in [0.2, 0.25) is 0 Å². The SMILES string of the molecule is O=C(O)CCN1CCN(C(=O)N(CCO)CCO)CC1. The van der Waals surface area contributed by atoms with Crippen molar-refractivity contribution in [1.82, 2.24) is 14.7 Å². The Kier molecular flexibility index (Phi) is 7.27. The number of urea groups is 1. The van der Waals surface area contributed by atoms with Gasteiger partial charge >= 0.3 is 12.0 Å². The van der Waals surface area contributed by atoms with Gasteiger partial charge in [0.1, 0.15) is 0 Å². The summed E-state index contributed by atoms with van der Waals surface area (Å²) in [7, 11) is 0. The van der Waals surface area contributed by atoms with Gasteiger partial charge in [-0.3, -0.25) is 9.69 Å². The number of carboxylic acids is 1. The van der Waals surface area contributed by atoms with Gasteiger partial charge in [-0.25, -0.2) is 4.79 Å². The Morgan fingerprint density at radius 1 is 1.00 bits per heavy atom. The smallest absolute Gasteiger partial charge is 0.320 e. The van der Waals surface area contributed by atoms with Crippen LogP contribution in [0.15, 0.2) is 0 Å². The second kappa shape index (κ2) is 8.72. The Labute approximate surface area is 118 Å². The van der Waals surface area contributed by atoms with Crippen molar-refractivity contribution < 1.29 is 24.9 Å². The molecular weight excluding hydrogens is 266 g/mol. The molecule has 1 aliphatic heterocycles. The largest absolute Gasteiger partial charge is 0.481 e. The highest BCUT2D eigenvalue weighted by atomic mass is 16.4. The molecule has 0 bridgehead atoms. The third kappa shape index (κ3) is 5.32. The van der Waals surface area contributed by atoms with Gasteiger partial charge in [0.15, 0.2) is 0 Å². The maximum Gasteiger partial charge on any atom is 0.320 e. The van der Waals surface area contributed by atoms with Crippen LogP contribution in [0.2, 0.25) is 0 Å². The second-order valence-electron chi connectivity index (χ2n) is 4.69. The van der Waals surface area contributed by atoms with Crippen molar-refractivity contribution in [3.05, 3.63) is 0 Å². The van der Waals surface area contributed by atoms with Crippen molar-refractivity contribution in [2.24, 2.45) is 0 Å². The molecule has 0 unspecified atom stereocenters. The summed E-state index contributed by atoms with van der Waals surface area (Å²) in [5.41, 5.74) is 0. The molecule has 0 aromatic rings. The zero-order chi connectivity index (χ0) is 15.0. The predicted molar refractivity (Wildman–Crippen MR) is 71.4 cm³/mol. The number of nitrogens with zero attached hydrogens (tertiary/aromatic N) is 3. The van der Waals surface area contributed by atoms with Crippen LogP contribution >= 0.6 is 0 Å². The number of amides is 2. The molecular formula is C12H23N3O5. The first-order valence-corrected chi connectivity index (χ1v) is 6.78. The van der Waals surface area contributed by atoms with E-state index in [-0.39, 0.29) is 38.8 Å². The van der Waals surface area contributed by atoms with Crippen molar-refractivity contribution in [2.45, 2.75) is 6.42 Å². The monoisotopic (exact) mass is 289 g/mol. The molecule has 1 aliphatic rings. The van der Waals surface area contributed by atoms with Gasteiger partial charge < -0.3 is 25.1 Å². The highest BCUT2D eigenvalue weighted by molar-refractivity contribution is 5.74. The first-order valence-electron chi connectivity index (χ1n) is 6.78. The number of piperazine rings is 1. The quantitative estimate of drug-likeness (QED) is 0.526. The van der Waals surface area contributed by atoms with Crippen molar-refractivity contribution in [3.8, 4) is 0 Å². The Morgan fingerprint density at radius 2 is 1.55 bits per heavy atom. The van der Waals surface area contributed by atoms with Gasteiger partial charge in [-0.1, -0.05) is 0 Å². The van der Waals surface area contributed by atoms with E-state index >= 15 is 0 Å². The standard InChI is InChI=1S/C12H23N3O5/c16-9-7-15(8-10-17)12(20)14-5-3-13(4-6-14)2-1-11(18)19/h16-17H,1-10H2,(H,18,19). The lowest BCUT2D eigenvalue weighted by molar-refractivity contribution is -0.137. The second-order valence-corrected chi connectivity index (χ2v) is 4.69. The number of aliphatic carboxylic acids is 1. The van der Waals surface area contributed by atoms with Crippen LogP contribution in [0.3, 0.4) is 0 Å². The number of aliphatic hydroxyl groups excluding tert-OH is 2. The summed E-state index contributed by atoms with van der Waals surface area (Å²) >= 11 is 0. The highest BCUT2D eigenvalue weighted by Crippen LogP contribution is 2.06. The minimum absolute atomic E-state index is 0.106. The van der Waals surface area contributed by atoms with E-state index in [9.17, 15) is 9.59 Å². The van der Waals surface area contributed by atoms with Crippen molar-refractivity contribution in [2.75, 3.05) is 59.0 Å². The van der Waals surface area contributed by atoms with E-state index in [1.165, 1.54) is 4.90 Å². The van der Waals surface area contributed by atoms with Crippen LogP contribution < -0.4 is 0 Å². The van der Waals surface area contributed by atoms with Crippen LogP contribution in [0.1, 0.15) is 6.42 Å². The lowest BCUT2D eigenvalue weighted by Crippen LogP contribution is -2.53. The molecule has 0 spiro atoms. The van der Waals surface area contributed by atoms with E-state index in [1.54, 1.807) is 4.90 Å². The number of carboxylic acid groups (broad SMARTS) is 1. The van der Waals surface area contributed by atoms with Crippen LogP contribution in [0.5, 0.6) is 0 Å². The summed E-state index contributed by atoms with van der Waals surface area (Å²) in [5.74, 6) is -0.819. The Balaban J connectivity index is 2.39. The molecule has 0 atom stereocenters. The first kappa shape index (κ1) is 16.7. The average Bonchev–Trinajstić information content (AvgIpc) is 2.44. The van der Waals surface area contributed by atoms with Gasteiger partial charge in [0.25, 0.3) is 0 Å². The molecule has 20 heavy (non-hydrogen) atoms. The summed E-state index contributed by atoms with van der Waals surface area (Å²) in [6, 6.07) is -0.189. The molecule has 116 valence electrons. The number of hydrogen-bond acceptors (Lipinski definition) is 5. The molecule has 8 heteroatoms. The molecule has 0 aromatic heterocycles. The fourth-order valence-electron chi connectivity index (χ4n) is 2.16. The molecule has 2 amide bonds. The molecule has 0 aromatic carbocycles. The molecule has 3 N–H and O–H groups in total. The van der Waals surface area contributed by atoms with Crippen LogP contribution in [0.25, 0.3) is 0 Å². The molecule has 1 rings (SSSR count). The third-order valence-electron chi connectivity index (χ3n) is 3.30. The number of hydrogen-bond donors (Lipinski definition) is 3. The van der Waals surface area contributed by atoms with Crippen molar-refractivity contribution in [1.29, 1.82) is 0 Å². The van der Waals surface area contributed by atoms with Crippen LogP contribution in [0, 0.1) is 0 Å². The minimum Gasteiger partial charge on any atom is -0.481 e. The van der Waals surface area contributed by atoms with Crippen LogP contribution in [-0.2, 0) is 4.79 Å². The first-order chi connectivity index (χ1) is 9.58. The van der Waals surface area contributed by atoms with Crippen LogP contribution in [0.4, 0.5) is 4.79 Å². The van der Waals surface area contributed by atoms with E-state index < -0.39 is 5.97 Å². The highest BCUT2D eigenvalue weighted by Gasteiger charge is 2.24. The van der Waals surface area contributed by atoms with Gasteiger partial charge in [-0.05, 0) is 0 Å². The van der Waals surface area contributed by atoms with Crippen molar-refractivity contribution in [3.63, 3.8) is 0 Å². The minimum atomic E-state index is -0.819. The molecule has 0 saturated carbocycles. The molecule has 8 nitrogen and oxygen atoms in total. The fraction of sp³-hybridized carbons (Fsp3) is 0.833. The van der Waals surface area contributed by atoms with Gasteiger partial charge in [0.05, 0.1) is 19.6 Å². The Bertz CT molecular complexity index is 312. The van der Waals surface area contributed by atoms with Crippen molar-refractivity contribution >= 4 is 12.0 Å². The lowest BCUT2D eigenvalue weighted by atomic mass is 10.3. The summed E-state index contributed by atoms with van der Waals surface area (Å²) in [5, 5.41) is 26.5. The van der Waals surface area contributed by atoms with E-state index in [0.717, 1.165) is 0 Å². The normalized spacial score (nSPS) is 16.2. The summed E-state index contributed by atoms with van der Waals surface area (Å²) < 4.78 is 0. The third-order valence-corrected chi connectivity index (χ3v) is 3.30. The molecule has 0 radical (unpaired) electrons. The van der Waals surface area contributed by atoms with Gasteiger partial charge in [-0.15, -0.1) is 0 Å².